The number of hydrogen-bond donors (Lipinski definition) is 1. The molecule has 0 aliphatic carbocycles. The van der Waals surface area contributed by atoms with Crippen molar-refractivity contribution in [2.75, 3.05) is 39.1 Å². The predicted molar refractivity (Wildman–Crippen MR) is 84.4 cm³/mol. The normalized spacial score (nSPS) is 18.4. The molecule has 0 atom stereocenters. The first-order chi connectivity index (χ1) is 9.57. The van der Waals surface area contributed by atoms with Crippen molar-refractivity contribution in [3.63, 3.8) is 0 Å². The van der Waals surface area contributed by atoms with E-state index in [1.54, 1.807) is 0 Å². The van der Waals surface area contributed by atoms with E-state index in [9.17, 15) is 5.11 Å². The summed E-state index contributed by atoms with van der Waals surface area (Å²) < 4.78 is 5.31. The summed E-state index contributed by atoms with van der Waals surface area (Å²) in [6.45, 7) is 5.20. The molecule has 1 saturated heterocycles. The number of likely N-dealkylation sites (N-methyl/N-ethyl adjacent to an activating group) is 1. The Kier molecular flexibility index (Phi) is 5.90. The van der Waals surface area contributed by atoms with Crippen LogP contribution in [0.4, 0.5) is 0 Å². The largest absolute Gasteiger partial charge is 0.388 e. The zero-order chi connectivity index (χ0) is 14.4. The lowest BCUT2D eigenvalue weighted by Gasteiger charge is -2.35. The van der Waals surface area contributed by atoms with Crippen LogP contribution in [0.3, 0.4) is 0 Å². The maximum absolute atomic E-state index is 10.5. The topological polar surface area (TPSA) is 32.7 Å². The molecule has 4 heteroatoms. The Morgan fingerprint density at radius 1 is 1.25 bits per heavy atom. The van der Waals surface area contributed by atoms with E-state index >= 15 is 0 Å². The molecule has 0 aromatic heterocycles. The van der Waals surface area contributed by atoms with Gasteiger partial charge in [0.25, 0.3) is 0 Å². The van der Waals surface area contributed by atoms with Gasteiger partial charge in [-0.15, -0.1) is 11.8 Å². The lowest BCUT2D eigenvalue weighted by molar-refractivity contribution is -0.0762. The van der Waals surface area contributed by atoms with Crippen molar-refractivity contribution in [2.45, 2.75) is 30.3 Å². The Bertz CT molecular complexity index is 401. The Balaban J connectivity index is 1.69. The molecule has 1 aliphatic rings. The van der Waals surface area contributed by atoms with E-state index in [1.165, 1.54) is 10.5 Å². The number of thioether (sulfide) groups is 1. The van der Waals surface area contributed by atoms with Crippen molar-refractivity contribution in [1.82, 2.24) is 4.90 Å². The molecule has 112 valence electrons. The first-order valence-corrected chi connectivity index (χ1v) is 8.24. The van der Waals surface area contributed by atoms with Crippen LogP contribution in [0.5, 0.6) is 0 Å². The highest BCUT2D eigenvalue weighted by Crippen LogP contribution is 2.22. The fraction of sp³-hybridized carbons (Fsp3) is 0.625. The minimum absolute atomic E-state index is 0.554. The van der Waals surface area contributed by atoms with Gasteiger partial charge in [-0.05, 0) is 26.1 Å². The van der Waals surface area contributed by atoms with Gasteiger partial charge in [0.2, 0.25) is 0 Å². The zero-order valence-electron chi connectivity index (χ0n) is 12.5. The predicted octanol–water partition coefficient (Wildman–Crippen LogP) is 2.56. The molecule has 0 amide bonds. The van der Waals surface area contributed by atoms with E-state index in [4.69, 9.17) is 4.74 Å². The van der Waals surface area contributed by atoms with Crippen LogP contribution < -0.4 is 0 Å². The van der Waals surface area contributed by atoms with Crippen molar-refractivity contribution >= 4 is 11.8 Å². The van der Waals surface area contributed by atoms with Crippen LogP contribution in [0.25, 0.3) is 0 Å². The maximum Gasteiger partial charge on any atom is 0.0817 e. The average Bonchev–Trinajstić information content (AvgIpc) is 2.41. The third-order valence-corrected chi connectivity index (χ3v) is 4.74. The average molecular weight is 295 g/mol. The van der Waals surface area contributed by atoms with Crippen LogP contribution in [0.15, 0.2) is 29.2 Å². The molecule has 0 saturated carbocycles. The number of benzene rings is 1. The minimum Gasteiger partial charge on any atom is -0.388 e. The van der Waals surface area contributed by atoms with Crippen molar-refractivity contribution in [1.29, 1.82) is 0 Å². The molecule has 0 spiro atoms. The summed E-state index contributed by atoms with van der Waals surface area (Å²) in [7, 11) is 2.09. The Hall–Kier alpha value is -0.550. The number of ether oxygens (including phenoxy) is 1. The lowest BCUT2D eigenvalue weighted by atomic mass is 9.94. The maximum atomic E-state index is 10.5. The fourth-order valence-corrected chi connectivity index (χ4v) is 3.41. The van der Waals surface area contributed by atoms with E-state index in [1.807, 2.05) is 11.8 Å². The summed E-state index contributed by atoms with van der Waals surface area (Å²) >= 11 is 1.87. The SMILES string of the molecule is Cc1ccc(SCCN(C)CC2(O)CCOCC2)cc1. The van der Waals surface area contributed by atoms with Gasteiger partial charge in [0.05, 0.1) is 5.60 Å². The van der Waals surface area contributed by atoms with Gasteiger partial charge in [0, 0.05) is 49.8 Å². The lowest BCUT2D eigenvalue weighted by Crippen LogP contribution is -2.46. The highest BCUT2D eigenvalue weighted by molar-refractivity contribution is 7.99. The summed E-state index contributed by atoms with van der Waals surface area (Å²) in [5.41, 5.74) is 0.745. The van der Waals surface area contributed by atoms with E-state index in [-0.39, 0.29) is 0 Å². The molecule has 1 aromatic rings. The molecule has 1 N–H and O–H groups in total. The molecule has 0 radical (unpaired) electrons. The third kappa shape index (κ3) is 5.09. The second-order valence-electron chi connectivity index (χ2n) is 5.74. The Morgan fingerprint density at radius 3 is 2.55 bits per heavy atom. The monoisotopic (exact) mass is 295 g/mol. The first kappa shape index (κ1) is 15.8. The number of hydrogen-bond acceptors (Lipinski definition) is 4. The second kappa shape index (κ2) is 7.46. The van der Waals surface area contributed by atoms with Gasteiger partial charge in [-0.3, -0.25) is 0 Å². The Labute approximate surface area is 126 Å². The number of rotatable bonds is 6. The molecule has 1 fully saturated rings. The summed E-state index contributed by atoms with van der Waals surface area (Å²) in [6.07, 6.45) is 1.50. The van der Waals surface area contributed by atoms with Gasteiger partial charge in [0.15, 0.2) is 0 Å². The van der Waals surface area contributed by atoms with E-state index < -0.39 is 5.60 Å². The molecule has 1 heterocycles. The number of aryl methyl sites for hydroxylation is 1. The summed E-state index contributed by atoms with van der Waals surface area (Å²) in [6, 6.07) is 8.64. The van der Waals surface area contributed by atoms with Crippen LogP contribution in [0.1, 0.15) is 18.4 Å². The van der Waals surface area contributed by atoms with Crippen LogP contribution in [-0.2, 0) is 4.74 Å². The highest BCUT2D eigenvalue weighted by atomic mass is 32.2. The van der Waals surface area contributed by atoms with Gasteiger partial charge in [-0.25, -0.2) is 0 Å². The van der Waals surface area contributed by atoms with E-state index in [2.05, 4.69) is 43.1 Å². The molecular weight excluding hydrogens is 270 g/mol. The van der Waals surface area contributed by atoms with Crippen LogP contribution in [-0.4, -0.2) is 54.7 Å². The van der Waals surface area contributed by atoms with Crippen LogP contribution in [0, 0.1) is 6.92 Å². The second-order valence-corrected chi connectivity index (χ2v) is 6.90. The van der Waals surface area contributed by atoms with E-state index in [0.717, 1.165) is 31.7 Å². The number of aliphatic hydroxyl groups is 1. The molecule has 0 unspecified atom stereocenters. The van der Waals surface area contributed by atoms with Crippen molar-refractivity contribution in [3.8, 4) is 0 Å². The smallest absolute Gasteiger partial charge is 0.0817 e. The van der Waals surface area contributed by atoms with Crippen LogP contribution in [0.2, 0.25) is 0 Å². The standard InChI is InChI=1S/C16H25NO2S/c1-14-3-5-15(6-4-14)20-12-9-17(2)13-16(18)7-10-19-11-8-16/h3-6,18H,7-13H2,1-2H3. The molecule has 1 aliphatic heterocycles. The van der Waals surface area contributed by atoms with Gasteiger partial charge in [-0.1, -0.05) is 17.7 Å². The quantitative estimate of drug-likeness (QED) is 0.818. The van der Waals surface area contributed by atoms with Gasteiger partial charge < -0.3 is 14.7 Å². The zero-order valence-corrected chi connectivity index (χ0v) is 13.3. The molecule has 20 heavy (non-hydrogen) atoms. The molecule has 3 nitrogen and oxygen atoms in total. The van der Waals surface area contributed by atoms with Gasteiger partial charge in [-0.2, -0.15) is 0 Å². The summed E-state index contributed by atoms with van der Waals surface area (Å²) in [5.74, 6) is 1.05. The van der Waals surface area contributed by atoms with Crippen molar-refractivity contribution in [2.24, 2.45) is 0 Å². The van der Waals surface area contributed by atoms with Crippen molar-refractivity contribution < 1.29 is 9.84 Å². The van der Waals surface area contributed by atoms with Crippen molar-refractivity contribution in [3.05, 3.63) is 29.8 Å². The number of nitrogens with zero attached hydrogens (tertiary/aromatic N) is 1. The molecule has 2 rings (SSSR count). The molecular formula is C16H25NO2S. The Morgan fingerprint density at radius 2 is 1.90 bits per heavy atom. The first-order valence-electron chi connectivity index (χ1n) is 7.26. The summed E-state index contributed by atoms with van der Waals surface area (Å²) in [5, 5.41) is 10.5. The van der Waals surface area contributed by atoms with E-state index in [0.29, 0.717) is 13.2 Å². The minimum atomic E-state index is -0.554. The molecule has 0 bridgehead atoms. The van der Waals surface area contributed by atoms with Gasteiger partial charge >= 0.3 is 0 Å². The van der Waals surface area contributed by atoms with Crippen LogP contribution >= 0.6 is 11.8 Å². The fourth-order valence-electron chi connectivity index (χ4n) is 2.44. The van der Waals surface area contributed by atoms with Gasteiger partial charge in [0.1, 0.15) is 0 Å². The molecule has 1 aromatic carbocycles. The highest BCUT2D eigenvalue weighted by Gasteiger charge is 2.30. The third-order valence-electron chi connectivity index (χ3n) is 3.75. The summed E-state index contributed by atoms with van der Waals surface area (Å²) in [4.78, 5) is 3.54.